The molecular weight excluding hydrogens is 677 g/mol. The second kappa shape index (κ2) is 12.9. The van der Waals surface area contributed by atoms with Crippen LogP contribution in [0.1, 0.15) is 36.9 Å². The molecule has 5 rings (SSSR count). The summed E-state index contributed by atoms with van der Waals surface area (Å²) in [6.07, 6.45) is 1.82. The number of hydrogen-bond acceptors (Lipinski definition) is 9. The lowest BCUT2D eigenvalue weighted by Crippen LogP contribution is -2.56. The van der Waals surface area contributed by atoms with E-state index in [0.29, 0.717) is 21.3 Å². The Morgan fingerprint density at radius 2 is 1.91 bits per heavy atom. The van der Waals surface area contributed by atoms with Gasteiger partial charge >= 0.3 is 0 Å². The highest BCUT2D eigenvalue weighted by atomic mass is 79.9. The van der Waals surface area contributed by atoms with E-state index in [1.165, 1.54) is 32.4 Å². The van der Waals surface area contributed by atoms with Crippen LogP contribution in [0.5, 0.6) is 5.75 Å². The molecule has 1 aromatic heterocycles. The average Bonchev–Trinajstić information content (AvgIpc) is 3.23. The van der Waals surface area contributed by atoms with Crippen molar-refractivity contribution in [1.29, 1.82) is 0 Å². The summed E-state index contributed by atoms with van der Waals surface area (Å²) < 4.78 is 53.4. The first-order chi connectivity index (χ1) is 21.5. The Balaban J connectivity index is 1.35. The van der Waals surface area contributed by atoms with E-state index in [4.69, 9.17) is 40.9 Å². The standard InChI is InChI=1S/C28H27B4BrFN5O6S/c1-14(25(41)37-22(13-40)17-5-18(34)8-20(6-17)44-2)39-12-16-4-3-15(7-23(16)46(39,42)43)24-21(33)11-35-26(38-24)36-19-9-27(29,30)45-28(31,32)10-19/h3-8,11,14,19,22,40H,9-10,12-13H2,1-2H3,(H,37,41)(H,35,36,38)/t14-,22-/m1/s1. The van der Waals surface area contributed by atoms with Crippen LogP contribution in [0.25, 0.3) is 11.3 Å². The molecule has 3 aromatic rings. The van der Waals surface area contributed by atoms with Gasteiger partial charge in [-0.05, 0) is 75.8 Å². The van der Waals surface area contributed by atoms with Crippen molar-refractivity contribution in [3.63, 3.8) is 0 Å². The number of benzene rings is 2. The van der Waals surface area contributed by atoms with Crippen molar-refractivity contribution in [2.75, 3.05) is 19.0 Å². The fourth-order valence-corrected chi connectivity index (χ4v) is 7.79. The van der Waals surface area contributed by atoms with Crippen LogP contribution < -0.4 is 15.4 Å². The summed E-state index contributed by atoms with van der Waals surface area (Å²) in [4.78, 5) is 22.1. The number of aromatic nitrogens is 2. The van der Waals surface area contributed by atoms with Crippen LogP contribution in [0, 0.1) is 5.82 Å². The molecule has 0 saturated carbocycles. The Labute approximate surface area is 280 Å². The van der Waals surface area contributed by atoms with Gasteiger partial charge in [0.2, 0.25) is 21.9 Å². The molecular formula is C28H27B4BrFN5O6S. The number of hydrogen-bond donors (Lipinski definition) is 3. The molecule has 0 spiro atoms. The maximum absolute atomic E-state index is 14.1. The topological polar surface area (TPSA) is 143 Å². The first-order valence-corrected chi connectivity index (χ1v) is 16.3. The molecule has 0 unspecified atom stereocenters. The Hall–Kier alpha value is -2.91. The van der Waals surface area contributed by atoms with Crippen molar-refractivity contribution >= 4 is 69.2 Å². The third-order valence-corrected chi connectivity index (χ3v) is 10.3. The second-order valence-electron chi connectivity index (χ2n) is 11.4. The van der Waals surface area contributed by atoms with E-state index < -0.39 is 57.3 Å². The van der Waals surface area contributed by atoms with E-state index in [9.17, 15) is 22.7 Å². The molecule has 1 saturated heterocycles. The lowest BCUT2D eigenvalue weighted by Gasteiger charge is -2.47. The maximum Gasteiger partial charge on any atom is 0.244 e. The van der Waals surface area contributed by atoms with Gasteiger partial charge in [-0.1, -0.05) is 12.1 Å². The first-order valence-electron chi connectivity index (χ1n) is 14.1. The van der Waals surface area contributed by atoms with Crippen LogP contribution in [0.2, 0.25) is 0 Å². The van der Waals surface area contributed by atoms with Crippen molar-refractivity contribution in [2.24, 2.45) is 0 Å². The van der Waals surface area contributed by atoms with E-state index >= 15 is 0 Å². The van der Waals surface area contributed by atoms with Crippen molar-refractivity contribution in [3.05, 3.63) is 64.0 Å². The van der Waals surface area contributed by atoms with Crippen LogP contribution in [0.3, 0.4) is 0 Å². The highest BCUT2D eigenvalue weighted by Crippen LogP contribution is 2.37. The number of halogens is 2. The summed E-state index contributed by atoms with van der Waals surface area (Å²) >= 11 is 3.44. The third-order valence-electron chi connectivity index (χ3n) is 7.68. The second-order valence-corrected chi connectivity index (χ2v) is 14.1. The minimum atomic E-state index is -4.13. The highest BCUT2D eigenvalue weighted by Gasteiger charge is 2.41. The number of sulfonamides is 1. The third kappa shape index (κ3) is 7.30. The summed E-state index contributed by atoms with van der Waals surface area (Å²) in [5.74, 6) is -0.903. The molecule has 2 aliphatic rings. The first kappa shape index (κ1) is 34.4. The Morgan fingerprint density at radius 3 is 2.57 bits per heavy atom. The zero-order valence-corrected chi connectivity index (χ0v) is 27.3. The Bertz CT molecular complexity index is 1760. The van der Waals surface area contributed by atoms with E-state index in [2.05, 4.69) is 36.5 Å². The average molecular weight is 704 g/mol. The SMILES string of the molecule is [B]C1([B])CC(Nc2ncc(Br)c(-c3ccc4c(c3)S(=O)(=O)N([C@H](C)C(=O)N[C@H](CO)c3cc(F)cc(OC)c3)C4)n2)CC([B])([B])O1. The number of fused-ring (bicyclic) bond motifs is 1. The van der Waals surface area contributed by atoms with Gasteiger partial charge in [0.15, 0.2) is 0 Å². The molecule has 2 aliphatic heterocycles. The minimum absolute atomic E-state index is 0.00905. The molecule has 0 aliphatic carbocycles. The molecule has 3 N–H and O–H groups in total. The number of ether oxygens (including phenoxy) is 2. The molecule has 46 heavy (non-hydrogen) atoms. The van der Waals surface area contributed by atoms with Gasteiger partial charge in [-0.15, -0.1) is 0 Å². The van der Waals surface area contributed by atoms with E-state index in [0.717, 1.165) is 16.4 Å². The van der Waals surface area contributed by atoms with Crippen LogP contribution >= 0.6 is 15.9 Å². The van der Waals surface area contributed by atoms with Gasteiger partial charge in [-0.3, -0.25) is 4.79 Å². The smallest absolute Gasteiger partial charge is 0.244 e. The Kier molecular flexibility index (Phi) is 9.69. The van der Waals surface area contributed by atoms with Crippen LogP contribution in [-0.4, -0.2) is 102 Å². The normalized spacial score (nSPS) is 19.9. The molecule has 8 radical (unpaired) electrons. The summed E-state index contributed by atoms with van der Waals surface area (Å²) in [7, 11) is 21.0. The van der Waals surface area contributed by atoms with Crippen molar-refractivity contribution in [1.82, 2.24) is 19.6 Å². The maximum atomic E-state index is 14.1. The number of methoxy groups -OCH3 is 1. The molecule has 1 amide bonds. The summed E-state index contributed by atoms with van der Waals surface area (Å²) in [6, 6.07) is 6.03. The van der Waals surface area contributed by atoms with E-state index in [-0.39, 0.29) is 41.5 Å². The predicted octanol–water partition coefficient (Wildman–Crippen LogP) is 1.37. The van der Waals surface area contributed by atoms with Gasteiger partial charge < -0.3 is 25.2 Å². The molecule has 18 heteroatoms. The van der Waals surface area contributed by atoms with Crippen molar-refractivity contribution in [3.8, 4) is 17.0 Å². The largest absolute Gasteiger partial charge is 0.497 e. The van der Waals surface area contributed by atoms with Crippen molar-refractivity contribution < 1.29 is 32.2 Å². The van der Waals surface area contributed by atoms with Crippen LogP contribution in [0.15, 0.2) is 52.0 Å². The number of anilines is 1. The van der Waals surface area contributed by atoms with E-state index in [1.54, 1.807) is 12.1 Å². The zero-order chi connectivity index (χ0) is 33.6. The fourth-order valence-electron chi connectivity index (χ4n) is 5.56. The van der Waals surface area contributed by atoms with Gasteiger partial charge in [0.1, 0.15) is 17.6 Å². The quantitative estimate of drug-likeness (QED) is 0.282. The molecule has 11 nitrogen and oxygen atoms in total. The van der Waals surface area contributed by atoms with E-state index in [1.807, 2.05) is 0 Å². The molecule has 0 bridgehead atoms. The molecule has 232 valence electrons. The number of amides is 1. The van der Waals surface area contributed by atoms with Gasteiger partial charge in [0.25, 0.3) is 0 Å². The molecule has 2 aromatic carbocycles. The van der Waals surface area contributed by atoms with Gasteiger partial charge in [-0.2, -0.15) is 4.31 Å². The molecule has 2 atom stereocenters. The predicted molar refractivity (Wildman–Crippen MR) is 174 cm³/mol. The Morgan fingerprint density at radius 1 is 1.22 bits per heavy atom. The molecule has 3 heterocycles. The zero-order valence-electron chi connectivity index (χ0n) is 24.9. The number of nitrogens with one attached hydrogen (secondary N) is 2. The number of rotatable bonds is 9. The fraction of sp³-hybridized carbons (Fsp3) is 0.393. The summed E-state index contributed by atoms with van der Waals surface area (Å²) in [5.41, 5.74) is 1.59. The summed E-state index contributed by atoms with van der Waals surface area (Å²) in [6.45, 7) is 0.814. The van der Waals surface area contributed by atoms with Crippen LogP contribution in [0.4, 0.5) is 10.3 Å². The van der Waals surface area contributed by atoms with Crippen LogP contribution in [-0.2, 0) is 26.1 Å². The number of nitrogens with zero attached hydrogens (tertiary/aromatic N) is 3. The number of carbonyl (C=O) groups is 1. The lowest BCUT2D eigenvalue weighted by molar-refractivity contribution is -0.125. The minimum Gasteiger partial charge on any atom is -0.497 e. The number of carbonyl (C=O) groups excluding carboxylic acids is 1. The molecule has 1 fully saturated rings. The lowest BCUT2D eigenvalue weighted by atomic mass is 9.53. The van der Waals surface area contributed by atoms with Gasteiger partial charge in [0, 0.05) is 30.4 Å². The van der Waals surface area contributed by atoms with Gasteiger partial charge in [-0.25, -0.2) is 22.8 Å². The highest BCUT2D eigenvalue weighted by molar-refractivity contribution is 9.10. The number of aliphatic hydroxyl groups excluding tert-OH is 1. The van der Waals surface area contributed by atoms with Gasteiger partial charge in [0.05, 0.1) is 66.2 Å². The number of aliphatic hydroxyl groups is 1. The van der Waals surface area contributed by atoms with Crippen molar-refractivity contribution in [2.45, 2.75) is 60.1 Å². The summed E-state index contributed by atoms with van der Waals surface area (Å²) in [5, 5.41) is 12.5. The monoisotopic (exact) mass is 703 g/mol.